The summed E-state index contributed by atoms with van der Waals surface area (Å²) in [6.45, 7) is 0. The van der Waals surface area contributed by atoms with Gasteiger partial charge in [-0.05, 0) is 29.1 Å². The van der Waals surface area contributed by atoms with Crippen molar-refractivity contribution in [3.05, 3.63) is 48.0 Å². The van der Waals surface area contributed by atoms with Crippen molar-refractivity contribution in [3.63, 3.8) is 0 Å². The van der Waals surface area contributed by atoms with E-state index in [2.05, 4.69) is 10.6 Å². The van der Waals surface area contributed by atoms with Gasteiger partial charge in [0.25, 0.3) is 0 Å². The molecule has 2 atom stereocenters. The van der Waals surface area contributed by atoms with Crippen LogP contribution >= 0.6 is 12.2 Å². The molecule has 3 rings (SSSR count). The number of esters is 1. The Morgan fingerprint density at radius 1 is 1.26 bits per heavy atom. The molecule has 1 saturated heterocycles. The van der Waals surface area contributed by atoms with Gasteiger partial charge in [0, 0.05) is 12.0 Å². The molecule has 0 saturated carbocycles. The van der Waals surface area contributed by atoms with Crippen molar-refractivity contribution in [2.45, 2.75) is 12.0 Å². The first-order valence-corrected chi connectivity index (χ1v) is 8.45. The van der Waals surface area contributed by atoms with Crippen LogP contribution in [0.4, 0.5) is 0 Å². The molecular formula is C19H15N3O4S. The molecule has 0 spiro atoms. The number of benzene rings is 2. The van der Waals surface area contributed by atoms with Crippen LogP contribution in [0.2, 0.25) is 0 Å². The first-order valence-electron chi connectivity index (χ1n) is 8.04. The molecule has 0 unspecified atom stereocenters. The largest absolute Gasteiger partial charge is 0.467 e. The van der Waals surface area contributed by atoms with Crippen molar-refractivity contribution < 1.29 is 19.1 Å². The minimum absolute atomic E-state index is 0.136. The number of nitrogens with one attached hydrogen (secondary N) is 2. The average Bonchev–Trinajstić information content (AvgIpc) is 2.66. The van der Waals surface area contributed by atoms with E-state index in [1.807, 2.05) is 24.3 Å². The highest BCUT2D eigenvalue weighted by Crippen LogP contribution is 2.29. The van der Waals surface area contributed by atoms with E-state index in [-0.39, 0.29) is 5.11 Å². The van der Waals surface area contributed by atoms with Crippen LogP contribution in [0.1, 0.15) is 16.8 Å². The third-order valence-corrected chi connectivity index (χ3v) is 4.72. The van der Waals surface area contributed by atoms with Gasteiger partial charge >= 0.3 is 5.97 Å². The lowest BCUT2D eigenvalue weighted by Crippen LogP contribution is -2.70. The highest BCUT2D eigenvalue weighted by Gasteiger charge is 2.55. The number of thiocarbonyl (C=S) groups is 1. The van der Waals surface area contributed by atoms with E-state index < -0.39 is 35.5 Å². The number of hydrogen-bond donors (Lipinski definition) is 2. The quantitative estimate of drug-likeness (QED) is 0.469. The van der Waals surface area contributed by atoms with Gasteiger partial charge in [0.1, 0.15) is 0 Å². The number of methoxy groups -OCH3 is 1. The van der Waals surface area contributed by atoms with Gasteiger partial charge in [0.2, 0.25) is 5.91 Å². The second-order valence-corrected chi connectivity index (χ2v) is 6.54. The van der Waals surface area contributed by atoms with E-state index in [4.69, 9.17) is 17.0 Å². The average molecular weight is 381 g/mol. The number of carbonyl (C=O) groups excluding carboxylic acids is 3. The molecule has 1 amide bonds. The minimum atomic E-state index is -1.88. The molecule has 1 aliphatic rings. The van der Waals surface area contributed by atoms with Crippen LogP contribution in [0.5, 0.6) is 0 Å². The standard InChI is InChI=1S/C19H15N3O4S/c1-26-17(25)19(14(10-20)16(24)21-18(27)22-19)9-15(23)13-7-6-11-4-2-3-5-12(11)8-13/h2-8,14H,9H2,1H3,(H2,21,22,24,27)/t14-,19-/m0/s1. The predicted octanol–water partition coefficient (Wildman–Crippen LogP) is 1.47. The van der Waals surface area contributed by atoms with Crippen LogP contribution in [0.25, 0.3) is 10.8 Å². The van der Waals surface area contributed by atoms with E-state index in [0.717, 1.165) is 17.9 Å². The van der Waals surface area contributed by atoms with E-state index in [9.17, 15) is 19.6 Å². The van der Waals surface area contributed by atoms with Gasteiger partial charge in [-0.15, -0.1) is 0 Å². The minimum Gasteiger partial charge on any atom is -0.467 e. The number of nitriles is 1. The van der Waals surface area contributed by atoms with Crippen molar-refractivity contribution in [3.8, 4) is 6.07 Å². The number of ketones is 1. The SMILES string of the molecule is COC(=O)[C@@]1(CC(=O)c2ccc3ccccc3c2)NC(=S)NC(=O)[C@@H]1C#N. The summed E-state index contributed by atoms with van der Waals surface area (Å²) in [5.74, 6) is -3.55. The maximum Gasteiger partial charge on any atom is 0.334 e. The number of fused-ring (bicyclic) bond motifs is 1. The fraction of sp³-hybridized carbons (Fsp3) is 0.211. The molecule has 1 heterocycles. The summed E-state index contributed by atoms with van der Waals surface area (Å²) in [4.78, 5) is 37.6. The molecule has 0 radical (unpaired) electrons. The van der Waals surface area contributed by atoms with E-state index in [1.165, 1.54) is 0 Å². The van der Waals surface area contributed by atoms with Crippen LogP contribution in [0.15, 0.2) is 42.5 Å². The fourth-order valence-corrected chi connectivity index (χ4v) is 3.45. The fourth-order valence-electron chi connectivity index (χ4n) is 3.17. The third kappa shape index (κ3) is 3.25. The van der Waals surface area contributed by atoms with E-state index in [1.54, 1.807) is 24.3 Å². The second kappa shape index (κ2) is 7.13. The summed E-state index contributed by atoms with van der Waals surface area (Å²) >= 11 is 4.96. The number of Topliss-reactive ketones (excluding diaryl/α,β-unsaturated/α-hetero) is 1. The Labute approximate surface area is 160 Å². The highest BCUT2D eigenvalue weighted by atomic mass is 32.1. The lowest BCUT2D eigenvalue weighted by Gasteiger charge is -2.38. The molecule has 7 nitrogen and oxygen atoms in total. The Morgan fingerprint density at radius 3 is 2.63 bits per heavy atom. The van der Waals surface area contributed by atoms with Gasteiger partial charge in [-0.3, -0.25) is 9.59 Å². The molecule has 27 heavy (non-hydrogen) atoms. The summed E-state index contributed by atoms with van der Waals surface area (Å²) < 4.78 is 4.78. The number of amides is 1. The monoisotopic (exact) mass is 381 g/mol. The maximum atomic E-state index is 12.9. The topological polar surface area (TPSA) is 108 Å². The Morgan fingerprint density at radius 2 is 1.96 bits per heavy atom. The van der Waals surface area contributed by atoms with Crippen molar-refractivity contribution in [1.29, 1.82) is 5.26 Å². The van der Waals surface area contributed by atoms with Gasteiger partial charge in [0.15, 0.2) is 22.4 Å². The summed E-state index contributed by atoms with van der Waals surface area (Å²) in [7, 11) is 1.12. The Kier molecular flexibility index (Phi) is 4.88. The molecule has 0 aliphatic carbocycles. The van der Waals surface area contributed by atoms with Crippen LogP contribution in [0, 0.1) is 17.2 Å². The van der Waals surface area contributed by atoms with Crippen LogP contribution in [0.3, 0.4) is 0 Å². The molecule has 0 bridgehead atoms. The number of rotatable bonds is 4. The van der Waals surface area contributed by atoms with Crippen molar-refractivity contribution in [2.75, 3.05) is 7.11 Å². The number of hydrogen-bond acceptors (Lipinski definition) is 6. The molecular weight excluding hydrogens is 366 g/mol. The number of carbonyl (C=O) groups is 3. The lowest BCUT2D eigenvalue weighted by molar-refractivity contribution is -0.152. The lowest BCUT2D eigenvalue weighted by atomic mass is 9.77. The molecule has 1 aliphatic heterocycles. The summed E-state index contributed by atoms with van der Waals surface area (Å²) in [6.07, 6.45) is -0.455. The molecule has 136 valence electrons. The first-order chi connectivity index (χ1) is 12.9. The molecule has 2 N–H and O–H groups in total. The zero-order chi connectivity index (χ0) is 19.6. The van der Waals surface area contributed by atoms with Crippen molar-refractivity contribution in [2.24, 2.45) is 5.92 Å². The Hall–Kier alpha value is -3.31. The van der Waals surface area contributed by atoms with Gasteiger partial charge in [-0.1, -0.05) is 36.4 Å². The number of ether oxygens (including phenoxy) is 1. The zero-order valence-corrected chi connectivity index (χ0v) is 15.1. The zero-order valence-electron chi connectivity index (χ0n) is 14.3. The third-order valence-electron chi connectivity index (χ3n) is 4.52. The molecule has 2 aromatic carbocycles. The Bertz CT molecular complexity index is 1010. The highest BCUT2D eigenvalue weighted by molar-refractivity contribution is 7.80. The normalized spacial score (nSPS) is 21.7. The van der Waals surface area contributed by atoms with E-state index in [0.29, 0.717) is 5.56 Å². The van der Waals surface area contributed by atoms with Gasteiger partial charge in [0.05, 0.1) is 13.2 Å². The van der Waals surface area contributed by atoms with Crippen molar-refractivity contribution in [1.82, 2.24) is 10.6 Å². The number of nitrogens with zero attached hydrogens (tertiary/aromatic N) is 1. The van der Waals surface area contributed by atoms with Crippen LogP contribution in [-0.2, 0) is 14.3 Å². The molecule has 1 fully saturated rings. The molecule has 8 heteroatoms. The van der Waals surface area contributed by atoms with Crippen molar-refractivity contribution >= 4 is 45.8 Å². The summed E-state index contributed by atoms with van der Waals surface area (Å²) in [6, 6.07) is 14.4. The van der Waals surface area contributed by atoms with Gasteiger partial charge in [-0.25, -0.2) is 4.79 Å². The second-order valence-electron chi connectivity index (χ2n) is 6.13. The van der Waals surface area contributed by atoms with Crippen LogP contribution < -0.4 is 10.6 Å². The Balaban J connectivity index is 2.02. The molecule has 0 aromatic heterocycles. The maximum absolute atomic E-state index is 12.9. The summed E-state index contributed by atoms with van der Waals surface area (Å²) in [5, 5.41) is 16.0. The predicted molar refractivity (Wildman–Crippen MR) is 101 cm³/mol. The summed E-state index contributed by atoms with van der Waals surface area (Å²) in [5.41, 5.74) is -1.53. The van der Waals surface area contributed by atoms with Gasteiger partial charge < -0.3 is 15.4 Å². The van der Waals surface area contributed by atoms with E-state index >= 15 is 0 Å². The first kappa shape index (κ1) is 18.5. The van der Waals surface area contributed by atoms with Gasteiger partial charge in [-0.2, -0.15) is 5.26 Å². The smallest absolute Gasteiger partial charge is 0.334 e. The van der Waals surface area contributed by atoms with Crippen LogP contribution in [-0.4, -0.2) is 35.4 Å². The molecule has 2 aromatic rings.